The first-order valence-corrected chi connectivity index (χ1v) is 20.5. The van der Waals surface area contributed by atoms with Crippen LogP contribution in [0.1, 0.15) is 20.3 Å². The average molecular weight is 797 g/mol. The monoisotopic (exact) mass is 796 g/mol. The molecular weight excluding hydrogens is 743 g/mol. The smallest absolute Gasteiger partial charge is 0.544 e. The van der Waals surface area contributed by atoms with Gasteiger partial charge in [0.2, 0.25) is 17.6 Å². The number of aliphatic hydroxyl groups excluding tert-OH is 9. The van der Waals surface area contributed by atoms with Gasteiger partial charge in [-0.15, -0.1) is 0 Å². The van der Waals surface area contributed by atoms with Crippen LogP contribution < -0.4 is 45.3 Å². The largest absolute Gasteiger partial charge is 1.00 e. The van der Waals surface area contributed by atoms with Gasteiger partial charge in [0.1, 0.15) is 73.1 Å². The summed E-state index contributed by atoms with van der Waals surface area (Å²) in [5.74, 6) is -6.72. The third-order valence-corrected chi connectivity index (χ3v) is 10.7. The van der Waals surface area contributed by atoms with Crippen molar-refractivity contribution in [3.8, 4) is 0 Å². The Balaban J connectivity index is 0.00000972. The van der Waals surface area contributed by atoms with E-state index in [4.69, 9.17) is 28.4 Å². The molecule has 0 aliphatic carbocycles. The zero-order valence-electron chi connectivity index (χ0n) is 30.5. The van der Waals surface area contributed by atoms with Gasteiger partial charge in [0, 0.05) is 34.9 Å². The topological polar surface area (TPSA) is 336 Å². The molecule has 23 heteroatoms. The molecule has 53 heavy (non-hydrogen) atoms. The van der Waals surface area contributed by atoms with Crippen molar-refractivity contribution in [3.63, 3.8) is 0 Å². The Morgan fingerprint density at radius 1 is 0.868 bits per heavy atom. The van der Waals surface area contributed by atoms with Crippen molar-refractivity contribution >= 4 is 25.9 Å². The molecule has 0 unspecified atom stereocenters. The van der Waals surface area contributed by atoms with E-state index in [1.165, 1.54) is 0 Å². The summed E-state index contributed by atoms with van der Waals surface area (Å²) in [6.07, 6.45) is -25.1. The fourth-order valence-electron chi connectivity index (χ4n) is 6.16. The van der Waals surface area contributed by atoms with Crippen molar-refractivity contribution in [2.45, 2.75) is 144 Å². The summed E-state index contributed by atoms with van der Waals surface area (Å²) >= 11 is 0. The van der Waals surface area contributed by atoms with Crippen molar-refractivity contribution in [1.29, 1.82) is 0 Å². The van der Waals surface area contributed by atoms with Crippen LogP contribution in [0, 0.1) is 0 Å². The first-order valence-electron chi connectivity index (χ1n) is 16.8. The van der Waals surface area contributed by atoms with Gasteiger partial charge in [-0.2, -0.15) is 0 Å². The van der Waals surface area contributed by atoms with Gasteiger partial charge in [-0.3, -0.25) is 9.59 Å². The second-order valence-electron chi connectivity index (χ2n) is 14.4. The molecule has 21 nitrogen and oxygen atoms in total. The van der Waals surface area contributed by atoms with Crippen LogP contribution in [0.2, 0.25) is 25.7 Å². The molecule has 0 aromatic rings. The van der Waals surface area contributed by atoms with E-state index in [1.807, 2.05) is 0 Å². The van der Waals surface area contributed by atoms with Crippen molar-refractivity contribution in [2.24, 2.45) is 0 Å². The van der Waals surface area contributed by atoms with Crippen molar-refractivity contribution in [1.82, 2.24) is 10.6 Å². The van der Waals surface area contributed by atoms with E-state index in [-0.39, 0.29) is 36.2 Å². The Labute approximate surface area is 328 Å². The Morgan fingerprint density at radius 3 is 1.89 bits per heavy atom. The summed E-state index contributed by atoms with van der Waals surface area (Å²) in [6.45, 7) is 5.86. The number of hydrogen-bond acceptors (Lipinski definition) is 19. The van der Waals surface area contributed by atoms with Crippen LogP contribution >= 0.6 is 0 Å². The van der Waals surface area contributed by atoms with Crippen molar-refractivity contribution in [2.75, 3.05) is 26.4 Å². The van der Waals surface area contributed by atoms with E-state index in [1.54, 1.807) is 0 Å². The fraction of sp³-hybridized carbons (Fsp3) is 0.900. The molecule has 11 N–H and O–H groups in total. The molecule has 3 saturated heterocycles. The zero-order chi connectivity index (χ0) is 39.3. The summed E-state index contributed by atoms with van der Waals surface area (Å²) < 4.78 is 34.4. The second-order valence-corrected chi connectivity index (χ2v) is 20.0. The summed E-state index contributed by atoms with van der Waals surface area (Å²) in [5.41, 5.74) is 0. The summed E-state index contributed by atoms with van der Waals surface area (Å²) in [5, 5.41) is 113. The second kappa shape index (κ2) is 20.4. The molecule has 0 aromatic carbocycles. The van der Waals surface area contributed by atoms with Crippen LogP contribution in [0.15, 0.2) is 0 Å². The number of carbonyl (C=O) groups is 3. The minimum atomic E-state index is -3.14. The molecule has 3 rings (SSSR count). The first kappa shape index (κ1) is 48.2. The number of aliphatic hydroxyl groups is 9. The predicted octanol–water partition coefficient (Wildman–Crippen LogP) is -10.0. The number of hydrogen-bond donors (Lipinski definition) is 11. The van der Waals surface area contributed by atoms with Gasteiger partial charge < -0.3 is 94.9 Å². The van der Waals surface area contributed by atoms with Crippen LogP contribution in [-0.2, 0) is 42.8 Å². The van der Waals surface area contributed by atoms with E-state index < -0.39 is 150 Å². The molecule has 16 atom stereocenters. The number of carboxylic acid groups (broad SMARTS) is 1. The van der Waals surface area contributed by atoms with Crippen LogP contribution in [0.3, 0.4) is 0 Å². The van der Waals surface area contributed by atoms with Gasteiger partial charge in [0.25, 0.3) is 0 Å². The minimum absolute atomic E-state index is 0. The van der Waals surface area contributed by atoms with Gasteiger partial charge in [0.15, 0.2) is 12.6 Å². The Hall–Kier alpha value is -0.973. The van der Waals surface area contributed by atoms with E-state index in [0.717, 1.165) is 13.8 Å². The van der Waals surface area contributed by atoms with Gasteiger partial charge in [-0.1, -0.05) is 19.6 Å². The molecule has 0 saturated carbocycles. The summed E-state index contributed by atoms with van der Waals surface area (Å²) in [4.78, 5) is 36.8. The van der Waals surface area contributed by atoms with Gasteiger partial charge in [0.05, 0.1) is 32.0 Å². The number of aliphatic carboxylic acids is 1. The summed E-state index contributed by atoms with van der Waals surface area (Å²) in [6, 6.07) is -2.21. The molecule has 2 amide bonds. The number of rotatable bonds is 16. The Morgan fingerprint density at radius 2 is 1.40 bits per heavy atom. The molecule has 0 radical (unpaired) electrons. The van der Waals surface area contributed by atoms with E-state index >= 15 is 0 Å². The SMILES string of the molecule is CC(=O)N[C@H]1[C@H](OCC[Si](C)(C)C)O[C@H](CO)[C@H](O)[C@@H]1O[C@@H]1O[C@H](CO)[C@H](O)[C@H](O[C@]2(C(=O)[O-])C[C@H](O)[C@@H](NC(C)=O)[C@H]([C@H](O)[C@H](O)CO)O2)[C@H]1O.[Na+]. The number of amides is 2. The quantitative estimate of drug-likeness (QED) is 0.0646. The Bertz CT molecular complexity index is 1200. The van der Waals surface area contributed by atoms with Gasteiger partial charge >= 0.3 is 29.6 Å². The standard InChI is InChI=1S/C30H54N2O19Si.Na/c1-12(36)31-18-14(38)8-30(29(44)45,50-25(18)20(40)15(39)9-33)51-26-22(42)17(11-35)48-28(23(26)43)49-24-19(32-13(2)37)27(46-6-7-52(3,4)5)47-16(10-34)21(24)41;/h14-28,33-35,38-43H,6-11H2,1-5H3,(H,31,36)(H,32,37)(H,44,45);/q;+1/p-1/t14-,15+,16+,17+,18+,19+,20+,21-,22-,23+,24+,25+,26-,27+,28-,30-;/m0./s1. The molecule has 0 bridgehead atoms. The first-order chi connectivity index (χ1) is 24.2. The predicted molar refractivity (Wildman–Crippen MR) is 171 cm³/mol. The number of nitrogens with one attached hydrogen (secondary N) is 2. The summed E-state index contributed by atoms with van der Waals surface area (Å²) in [7, 11) is -1.63. The molecular formula is C30H53N2NaO19Si. The zero-order valence-corrected chi connectivity index (χ0v) is 33.5. The molecule has 302 valence electrons. The van der Waals surface area contributed by atoms with E-state index in [2.05, 4.69) is 30.3 Å². The minimum Gasteiger partial charge on any atom is -0.544 e. The van der Waals surface area contributed by atoms with Crippen LogP contribution in [-0.4, -0.2) is 196 Å². The molecule has 3 aliphatic rings. The van der Waals surface area contributed by atoms with Crippen LogP contribution in [0.4, 0.5) is 0 Å². The Kier molecular flexibility index (Phi) is 18.6. The molecule has 3 aliphatic heterocycles. The fourth-order valence-corrected chi connectivity index (χ4v) is 6.89. The average Bonchev–Trinajstić information content (AvgIpc) is 3.05. The van der Waals surface area contributed by atoms with E-state index in [9.17, 15) is 65.4 Å². The van der Waals surface area contributed by atoms with Crippen molar-refractivity contribution in [3.05, 3.63) is 0 Å². The van der Waals surface area contributed by atoms with Gasteiger partial charge in [-0.05, 0) is 6.04 Å². The third-order valence-electron chi connectivity index (χ3n) is 8.97. The maximum atomic E-state index is 12.7. The normalized spacial score (nSPS) is 38.9. The number of ether oxygens (including phenoxy) is 6. The maximum Gasteiger partial charge on any atom is 1.00 e. The molecule has 3 fully saturated rings. The van der Waals surface area contributed by atoms with Gasteiger partial charge in [-0.25, -0.2) is 0 Å². The van der Waals surface area contributed by atoms with Crippen LogP contribution in [0.25, 0.3) is 0 Å². The van der Waals surface area contributed by atoms with Crippen molar-refractivity contribution < 1.29 is 123 Å². The third kappa shape index (κ3) is 12.0. The molecule has 0 aromatic heterocycles. The van der Waals surface area contributed by atoms with E-state index in [0.29, 0.717) is 6.04 Å². The maximum absolute atomic E-state index is 12.7. The number of carboxylic acids is 1. The van der Waals surface area contributed by atoms with Crippen LogP contribution in [0.5, 0.6) is 0 Å². The number of carbonyl (C=O) groups excluding carboxylic acids is 3. The molecule has 3 heterocycles. The molecule has 0 spiro atoms.